The summed E-state index contributed by atoms with van der Waals surface area (Å²) in [6, 6.07) is 8.24. The number of aryl methyl sites for hydroxylation is 1. The van der Waals surface area contributed by atoms with Gasteiger partial charge in [-0.3, -0.25) is 9.13 Å². The molecule has 27 heavy (non-hydrogen) atoms. The molecule has 3 heterocycles. The van der Waals surface area contributed by atoms with E-state index in [2.05, 4.69) is 48.4 Å². The van der Waals surface area contributed by atoms with E-state index in [-0.39, 0.29) is 5.69 Å². The minimum absolute atomic E-state index is 0.208. The van der Waals surface area contributed by atoms with Crippen LogP contribution >= 0.6 is 11.3 Å². The zero-order valence-electron chi connectivity index (χ0n) is 15.4. The van der Waals surface area contributed by atoms with Crippen LogP contribution in [0.1, 0.15) is 6.42 Å². The third-order valence-electron chi connectivity index (χ3n) is 4.52. The first-order valence-electron chi connectivity index (χ1n) is 8.83. The number of hydrogen-bond acceptors (Lipinski definition) is 5. The molecule has 4 rings (SSSR count). The first-order valence-corrected chi connectivity index (χ1v) is 9.77. The third kappa shape index (κ3) is 3.70. The molecule has 1 aromatic carbocycles. The zero-order chi connectivity index (χ0) is 18.8. The molecule has 0 spiro atoms. The summed E-state index contributed by atoms with van der Waals surface area (Å²) < 4.78 is 3.77. The van der Waals surface area contributed by atoms with E-state index in [1.807, 2.05) is 32.7 Å². The minimum Gasteiger partial charge on any atom is -0.309 e. The Morgan fingerprint density at radius 1 is 1.15 bits per heavy atom. The molecule has 0 amide bonds. The Morgan fingerprint density at radius 3 is 2.81 bits per heavy atom. The quantitative estimate of drug-likeness (QED) is 0.516. The van der Waals surface area contributed by atoms with Crippen molar-refractivity contribution in [1.29, 1.82) is 0 Å². The van der Waals surface area contributed by atoms with E-state index >= 15 is 0 Å². The van der Waals surface area contributed by atoms with Crippen molar-refractivity contribution in [3.63, 3.8) is 0 Å². The van der Waals surface area contributed by atoms with Crippen LogP contribution in [0.15, 0.2) is 58.5 Å². The van der Waals surface area contributed by atoms with Crippen molar-refractivity contribution < 1.29 is 0 Å². The molecule has 0 unspecified atom stereocenters. The molecule has 7 heteroatoms. The number of thiophene rings is 1. The van der Waals surface area contributed by atoms with Crippen LogP contribution in [0.2, 0.25) is 0 Å². The molecule has 0 bridgehead atoms. The molecule has 0 saturated carbocycles. The summed E-state index contributed by atoms with van der Waals surface area (Å²) in [4.78, 5) is 22.8. The molecule has 0 saturated heterocycles. The average Bonchev–Trinajstić information content (AvgIpc) is 3.31. The molecule has 0 aliphatic heterocycles. The van der Waals surface area contributed by atoms with Gasteiger partial charge in [0.15, 0.2) is 0 Å². The highest BCUT2D eigenvalue weighted by atomic mass is 32.1. The lowest BCUT2D eigenvalue weighted by Gasteiger charge is -2.11. The van der Waals surface area contributed by atoms with Gasteiger partial charge in [-0.2, -0.15) is 11.3 Å². The molecule has 4 aromatic rings. The van der Waals surface area contributed by atoms with Gasteiger partial charge < -0.3 is 4.90 Å². The van der Waals surface area contributed by atoms with Crippen molar-refractivity contribution in [2.75, 3.05) is 20.6 Å². The van der Waals surface area contributed by atoms with Gasteiger partial charge in [0.25, 0.3) is 0 Å². The van der Waals surface area contributed by atoms with Crippen LogP contribution in [-0.2, 0) is 6.54 Å². The van der Waals surface area contributed by atoms with Crippen LogP contribution in [-0.4, -0.2) is 44.6 Å². The van der Waals surface area contributed by atoms with Crippen LogP contribution in [0, 0.1) is 0 Å². The molecule has 0 N–H and O–H groups in total. The SMILES string of the molecule is CN(C)CCCn1cc(-c2ccc3c(c2)ncn3-c2ccsc2)cnc1=O. The largest absolute Gasteiger partial charge is 0.347 e. The van der Waals surface area contributed by atoms with Crippen molar-refractivity contribution >= 4 is 22.4 Å². The van der Waals surface area contributed by atoms with Crippen molar-refractivity contribution in [3.8, 4) is 16.8 Å². The van der Waals surface area contributed by atoms with Gasteiger partial charge in [-0.25, -0.2) is 14.8 Å². The van der Waals surface area contributed by atoms with Crippen molar-refractivity contribution in [3.05, 3.63) is 64.2 Å². The monoisotopic (exact) mass is 379 g/mol. The number of aromatic nitrogens is 4. The number of fused-ring (bicyclic) bond motifs is 1. The van der Waals surface area contributed by atoms with E-state index in [1.165, 1.54) is 0 Å². The van der Waals surface area contributed by atoms with Crippen LogP contribution < -0.4 is 5.69 Å². The Labute approximate surface area is 161 Å². The summed E-state index contributed by atoms with van der Waals surface area (Å²) in [5, 5.41) is 4.16. The van der Waals surface area contributed by atoms with Gasteiger partial charge in [0.2, 0.25) is 0 Å². The Balaban J connectivity index is 1.65. The highest BCUT2D eigenvalue weighted by Gasteiger charge is 2.08. The lowest BCUT2D eigenvalue weighted by atomic mass is 10.1. The maximum Gasteiger partial charge on any atom is 0.347 e. The molecule has 0 fully saturated rings. The molecule has 0 aliphatic carbocycles. The molecule has 6 nitrogen and oxygen atoms in total. The molecule has 0 radical (unpaired) electrons. The van der Waals surface area contributed by atoms with Crippen LogP contribution in [0.4, 0.5) is 0 Å². The standard InChI is InChI=1S/C20H21N5OS/c1-23(2)7-3-8-24-12-16(11-21-20(24)26)15-4-5-19-18(10-15)22-14-25(19)17-6-9-27-13-17/h4-6,9-14H,3,7-8H2,1-2H3. The first kappa shape index (κ1) is 17.6. The summed E-state index contributed by atoms with van der Waals surface area (Å²) in [5.41, 5.74) is 4.82. The lowest BCUT2D eigenvalue weighted by molar-refractivity contribution is 0.384. The second kappa shape index (κ2) is 7.46. The summed E-state index contributed by atoms with van der Waals surface area (Å²) in [5.74, 6) is 0. The predicted octanol–water partition coefficient (Wildman–Crippen LogP) is 3.26. The fourth-order valence-corrected chi connectivity index (χ4v) is 3.74. The van der Waals surface area contributed by atoms with E-state index < -0.39 is 0 Å². The van der Waals surface area contributed by atoms with Gasteiger partial charge in [-0.05, 0) is 56.2 Å². The highest BCUT2D eigenvalue weighted by Crippen LogP contribution is 2.25. The number of benzene rings is 1. The van der Waals surface area contributed by atoms with Gasteiger partial charge in [0.05, 0.1) is 16.7 Å². The normalized spacial score (nSPS) is 11.5. The lowest BCUT2D eigenvalue weighted by Crippen LogP contribution is -2.24. The molecule has 0 atom stereocenters. The molecular weight excluding hydrogens is 358 g/mol. The Bertz CT molecular complexity index is 1110. The Hall–Kier alpha value is -2.77. The summed E-state index contributed by atoms with van der Waals surface area (Å²) in [7, 11) is 4.06. The predicted molar refractivity (Wildman–Crippen MR) is 110 cm³/mol. The maximum atomic E-state index is 12.0. The average molecular weight is 379 g/mol. The third-order valence-corrected chi connectivity index (χ3v) is 5.19. The fraction of sp³-hybridized carbons (Fsp3) is 0.250. The second-order valence-electron chi connectivity index (χ2n) is 6.78. The molecule has 138 valence electrons. The minimum atomic E-state index is -0.208. The van der Waals surface area contributed by atoms with Crippen molar-refractivity contribution in [1.82, 2.24) is 24.0 Å². The van der Waals surface area contributed by atoms with Crippen LogP contribution in [0.25, 0.3) is 27.8 Å². The summed E-state index contributed by atoms with van der Waals surface area (Å²) >= 11 is 1.67. The highest BCUT2D eigenvalue weighted by molar-refractivity contribution is 7.08. The number of nitrogens with zero attached hydrogens (tertiary/aromatic N) is 5. The van der Waals surface area contributed by atoms with Gasteiger partial charge in [-0.15, -0.1) is 0 Å². The maximum absolute atomic E-state index is 12.0. The smallest absolute Gasteiger partial charge is 0.309 e. The zero-order valence-corrected chi connectivity index (χ0v) is 16.2. The van der Waals surface area contributed by atoms with Crippen molar-refractivity contribution in [2.45, 2.75) is 13.0 Å². The molecule has 0 aliphatic rings. The van der Waals surface area contributed by atoms with E-state index in [1.54, 1.807) is 22.1 Å². The van der Waals surface area contributed by atoms with Gasteiger partial charge in [0.1, 0.15) is 6.33 Å². The summed E-state index contributed by atoms with van der Waals surface area (Å²) in [6.45, 7) is 1.59. The van der Waals surface area contributed by atoms with Crippen LogP contribution in [0.5, 0.6) is 0 Å². The molecule has 3 aromatic heterocycles. The van der Waals surface area contributed by atoms with E-state index in [0.29, 0.717) is 6.54 Å². The Kier molecular flexibility index (Phi) is 4.87. The van der Waals surface area contributed by atoms with E-state index in [9.17, 15) is 4.79 Å². The number of imidazole rings is 1. The Morgan fingerprint density at radius 2 is 2.04 bits per heavy atom. The van der Waals surface area contributed by atoms with E-state index in [0.717, 1.165) is 40.8 Å². The molecular formula is C20H21N5OS. The second-order valence-corrected chi connectivity index (χ2v) is 7.56. The van der Waals surface area contributed by atoms with Gasteiger partial charge in [0, 0.05) is 29.9 Å². The topological polar surface area (TPSA) is 56.0 Å². The van der Waals surface area contributed by atoms with E-state index in [4.69, 9.17) is 0 Å². The number of rotatable bonds is 6. The van der Waals surface area contributed by atoms with Gasteiger partial charge in [-0.1, -0.05) is 6.07 Å². The summed E-state index contributed by atoms with van der Waals surface area (Å²) in [6.07, 6.45) is 6.28. The number of hydrogen-bond donors (Lipinski definition) is 0. The van der Waals surface area contributed by atoms with Crippen LogP contribution in [0.3, 0.4) is 0 Å². The van der Waals surface area contributed by atoms with Crippen molar-refractivity contribution in [2.24, 2.45) is 0 Å². The van der Waals surface area contributed by atoms with Gasteiger partial charge >= 0.3 is 5.69 Å². The first-order chi connectivity index (χ1) is 13.1. The fourth-order valence-electron chi connectivity index (χ4n) is 3.11.